The fourth-order valence-electron chi connectivity index (χ4n) is 3.65. The number of rotatable bonds is 7. The Kier molecular flexibility index (Phi) is 6.68. The van der Waals surface area contributed by atoms with Crippen LogP contribution >= 0.6 is 11.8 Å². The Labute approximate surface area is 163 Å². The topological polar surface area (TPSA) is 75.5 Å². The normalized spacial score (nSPS) is 23.0. The van der Waals surface area contributed by atoms with Crippen LogP contribution in [0.3, 0.4) is 0 Å². The predicted molar refractivity (Wildman–Crippen MR) is 110 cm³/mol. The fourth-order valence-corrected chi connectivity index (χ4v) is 4.17. The van der Waals surface area contributed by atoms with E-state index in [0.717, 1.165) is 17.9 Å². The number of hydrogen-bond donors (Lipinski definition) is 1. The van der Waals surface area contributed by atoms with Gasteiger partial charge in [0.05, 0.1) is 11.0 Å². The minimum Gasteiger partial charge on any atom is -0.310 e. The van der Waals surface area contributed by atoms with Crippen molar-refractivity contribution in [2.24, 2.45) is 0 Å². The zero-order valence-corrected chi connectivity index (χ0v) is 16.3. The molecule has 1 saturated heterocycles. The largest absolute Gasteiger partial charge is 0.310 e. The van der Waals surface area contributed by atoms with Gasteiger partial charge in [-0.3, -0.25) is 14.9 Å². The van der Waals surface area contributed by atoms with E-state index in [1.807, 2.05) is 47.4 Å². The minimum absolute atomic E-state index is 0.0178. The summed E-state index contributed by atoms with van der Waals surface area (Å²) >= 11 is 1.78. The SMILES string of the molecule is CSCCC1CN(c2ccccc2)C(=O)C(CC2=C([N+](=O)[O-])CCC=C2)N1. The molecule has 27 heavy (non-hydrogen) atoms. The first-order valence-corrected chi connectivity index (χ1v) is 10.6. The molecule has 1 N–H and O–H groups in total. The number of carbonyl (C=O) groups is 1. The molecule has 1 aromatic rings. The number of amides is 1. The van der Waals surface area contributed by atoms with Crippen LogP contribution in [-0.2, 0) is 4.79 Å². The average molecular weight is 388 g/mol. The van der Waals surface area contributed by atoms with E-state index in [1.54, 1.807) is 11.8 Å². The Hall–Kier alpha value is -2.12. The third kappa shape index (κ3) is 4.78. The highest BCUT2D eigenvalue weighted by molar-refractivity contribution is 7.98. The summed E-state index contributed by atoms with van der Waals surface area (Å²) in [7, 11) is 0. The Balaban J connectivity index is 1.84. The van der Waals surface area contributed by atoms with Crippen molar-refractivity contribution < 1.29 is 9.72 Å². The lowest BCUT2D eigenvalue weighted by Crippen LogP contribution is -2.60. The van der Waals surface area contributed by atoms with Crippen molar-refractivity contribution >= 4 is 23.4 Å². The van der Waals surface area contributed by atoms with Crippen molar-refractivity contribution in [2.45, 2.75) is 37.8 Å². The summed E-state index contributed by atoms with van der Waals surface area (Å²) in [6, 6.07) is 9.38. The summed E-state index contributed by atoms with van der Waals surface area (Å²) in [5.41, 5.74) is 1.78. The summed E-state index contributed by atoms with van der Waals surface area (Å²) in [4.78, 5) is 26.0. The van der Waals surface area contributed by atoms with Gasteiger partial charge in [0.25, 0.3) is 0 Å². The molecule has 1 aromatic carbocycles. The number of piperazine rings is 1. The molecule has 0 spiro atoms. The molecule has 1 aliphatic carbocycles. The number of nitrogens with zero attached hydrogens (tertiary/aromatic N) is 2. The zero-order chi connectivity index (χ0) is 19.2. The van der Waals surface area contributed by atoms with E-state index in [4.69, 9.17) is 0 Å². The van der Waals surface area contributed by atoms with Crippen LogP contribution in [0.4, 0.5) is 5.69 Å². The Morgan fingerprint density at radius 1 is 1.33 bits per heavy atom. The maximum atomic E-state index is 13.1. The van der Waals surface area contributed by atoms with Crippen LogP contribution in [-0.4, -0.2) is 41.5 Å². The smallest absolute Gasteiger partial charge is 0.249 e. The first-order chi connectivity index (χ1) is 13.1. The van der Waals surface area contributed by atoms with Crippen LogP contribution in [0.1, 0.15) is 25.7 Å². The van der Waals surface area contributed by atoms with E-state index in [9.17, 15) is 14.9 Å². The highest BCUT2D eigenvalue weighted by Crippen LogP contribution is 2.27. The van der Waals surface area contributed by atoms with Gasteiger partial charge in [-0.2, -0.15) is 11.8 Å². The monoisotopic (exact) mass is 387 g/mol. The number of para-hydroxylation sites is 1. The number of benzene rings is 1. The van der Waals surface area contributed by atoms with Gasteiger partial charge in [0.15, 0.2) is 0 Å². The number of anilines is 1. The average Bonchev–Trinajstić information content (AvgIpc) is 2.69. The lowest BCUT2D eigenvalue weighted by molar-refractivity contribution is -0.429. The van der Waals surface area contributed by atoms with Crippen molar-refractivity contribution in [2.75, 3.05) is 23.5 Å². The lowest BCUT2D eigenvalue weighted by Gasteiger charge is -2.38. The number of carbonyl (C=O) groups excluding carboxylic acids is 1. The molecule has 1 fully saturated rings. The molecule has 144 valence electrons. The van der Waals surface area contributed by atoms with Gasteiger partial charge in [0.1, 0.15) is 0 Å². The number of nitrogens with one attached hydrogen (secondary N) is 1. The van der Waals surface area contributed by atoms with Crippen molar-refractivity contribution in [1.82, 2.24) is 5.32 Å². The Bertz CT molecular complexity index is 748. The van der Waals surface area contributed by atoms with Gasteiger partial charge < -0.3 is 10.2 Å². The first kappa shape index (κ1) is 19.6. The molecule has 2 atom stereocenters. The quantitative estimate of drug-likeness (QED) is 0.573. The van der Waals surface area contributed by atoms with E-state index in [-0.39, 0.29) is 22.6 Å². The Morgan fingerprint density at radius 3 is 2.81 bits per heavy atom. The number of hydrogen-bond acceptors (Lipinski definition) is 5. The molecule has 7 heteroatoms. The molecule has 2 aliphatic rings. The van der Waals surface area contributed by atoms with Crippen LogP contribution in [0.25, 0.3) is 0 Å². The molecule has 1 amide bonds. The molecule has 0 aromatic heterocycles. The summed E-state index contributed by atoms with van der Waals surface area (Å²) in [5.74, 6) is 0.986. The molecule has 1 heterocycles. The maximum absolute atomic E-state index is 13.1. The highest BCUT2D eigenvalue weighted by Gasteiger charge is 2.36. The fraction of sp³-hybridized carbons (Fsp3) is 0.450. The van der Waals surface area contributed by atoms with E-state index < -0.39 is 6.04 Å². The maximum Gasteiger partial charge on any atom is 0.249 e. The molecule has 0 radical (unpaired) electrons. The van der Waals surface area contributed by atoms with E-state index >= 15 is 0 Å². The molecular formula is C20H25N3O3S. The third-order valence-corrected chi connectivity index (χ3v) is 5.67. The standard InChI is InChI=1S/C20H25N3O3S/c1-27-12-11-16-14-22(17-8-3-2-4-9-17)20(24)18(21-16)13-15-7-5-6-10-19(15)23(25)26/h2-5,7-9,16,18,21H,6,10-14H2,1H3. The van der Waals surface area contributed by atoms with Gasteiger partial charge in [-0.25, -0.2) is 0 Å². The van der Waals surface area contributed by atoms with Crippen LogP contribution in [0, 0.1) is 10.1 Å². The summed E-state index contributed by atoms with van der Waals surface area (Å²) in [6.07, 6.45) is 8.25. The molecule has 0 saturated carbocycles. The Morgan fingerprint density at radius 2 is 2.11 bits per heavy atom. The van der Waals surface area contributed by atoms with Crippen LogP contribution < -0.4 is 10.2 Å². The van der Waals surface area contributed by atoms with Crippen molar-refractivity contribution in [3.05, 3.63) is 63.9 Å². The third-order valence-electron chi connectivity index (χ3n) is 5.02. The predicted octanol–water partition coefficient (Wildman–Crippen LogP) is 3.38. The van der Waals surface area contributed by atoms with Gasteiger partial charge in [0.2, 0.25) is 11.6 Å². The molecule has 2 unspecified atom stereocenters. The van der Waals surface area contributed by atoms with E-state index in [1.165, 1.54) is 0 Å². The molecular weight excluding hydrogens is 362 g/mol. The summed E-state index contributed by atoms with van der Waals surface area (Å²) in [5, 5.41) is 14.8. The number of nitro groups is 1. The minimum atomic E-state index is -0.446. The second-order valence-corrected chi connectivity index (χ2v) is 7.84. The van der Waals surface area contributed by atoms with Crippen LogP contribution in [0.5, 0.6) is 0 Å². The first-order valence-electron chi connectivity index (χ1n) is 9.24. The van der Waals surface area contributed by atoms with Gasteiger partial charge in [-0.1, -0.05) is 30.4 Å². The lowest BCUT2D eigenvalue weighted by atomic mass is 9.94. The van der Waals surface area contributed by atoms with Gasteiger partial charge >= 0.3 is 0 Å². The molecule has 0 bridgehead atoms. The summed E-state index contributed by atoms with van der Waals surface area (Å²) in [6.45, 7) is 0.622. The molecule has 3 rings (SSSR count). The van der Waals surface area contributed by atoms with Crippen LogP contribution in [0.15, 0.2) is 53.8 Å². The summed E-state index contributed by atoms with van der Waals surface area (Å²) < 4.78 is 0. The van der Waals surface area contributed by atoms with Gasteiger partial charge in [0, 0.05) is 36.7 Å². The zero-order valence-electron chi connectivity index (χ0n) is 15.5. The van der Waals surface area contributed by atoms with Gasteiger partial charge in [-0.05, 0) is 37.0 Å². The molecule has 6 nitrogen and oxygen atoms in total. The highest BCUT2D eigenvalue weighted by atomic mass is 32.2. The second-order valence-electron chi connectivity index (χ2n) is 6.86. The van der Waals surface area contributed by atoms with Crippen molar-refractivity contribution in [3.63, 3.8) is 0 Å². The number of allylic oxidation sites excluding steroid dienone is 3. The van der Waals surface area contributed by atoms with Crippen molar-refractivity contribution in [1.29, 1.82) is 0 Å². The molecule has 1 aliphatic heterocycles. The number of thioether (sulfide) groups is 1. The van der Waals surface area contributed by atoms with Gasteiger partial charge in [-0.15, -0.1) is 0 Å². The van der Waals surface area contributed by atoms with E-state index in [2.05, 4.69) is 11.6 Å². The van der Waals surface area contributed by atoms with Crippen molar-refractivity contribution in [3.8, 4) is 0 Å². The van der Waals surface area contributed by atoms with Crippen LogP contribution in [0.2, 0.25) is 0 Å². The van der Waals surface area contributed by atoms with E-state index in [0.29, 0.717) is 31.4 Å². The second kappa shape index (κ2) is 9.19.